The van der Waals surface area contributed by atoms with Gasteiger partial charge in [0.05, 0.1) is 5.92 Å². The van der Waals surface area contributed by atoms with Crippen LogP contribution in [0.25, 0.3) is 0 Å². The summed E-state index contributed by atoms with van der Waals surface area (Å²) in [5.74, 6) is 2.86. The Morgan fingerprint density at radius 2 is 1.87 bits per heavy atom. The third-order valence-electron chi connectivity index (χ3n) is 5.82. The summed E-state index contributed by atoms with van der Waals surface area (Å²) in [5.41, 5.74) is 0.618. The molecule has 1 heterocycles. The quantitative estimate of drug-likeness (QED) is 0.461. The van der Waals surface area contributed by atoms with Crippen LogP contribution >= 0.6 is 0 Å². The van der Waals surface area contributed by atoms with E-state index in [4.69, 9.17) is 0 Å². The number of benzene rings is 1. The number of allylic oxidation sites excluding steroid dienone is 2. The average Bonchev–Trinajstić information content (AvgIpc) is 3.02. The van der Waals surface area contributed by atoms with Gasteiger partial charge in [0.1, 0.15) is 25.1 Å². The van der Waals surface area contributed by atoms with E-state index in [-0.39, 0.29) is 11.6 Å². The van der Waals surface area contributed by atoms with Crippen molar-refractivity contribution in [3.05, 3.63) is 47.8 Å². The van der Waals surface area contributed by atoms with Crippen molar-refractivity contribution in [1.82, 2.24) is 0 Å². The lowest BCUT2D eigenvalue weighted by atomic mass is 9.64. The number of ketones is 1. The summed E-state index contributed by atoms with van der Waals surface area (Å²) < 4.78 is 15.3. The van der Waals surface area contributed by atoms with Gasteiger partial charge in [-0.15, -0.1) is 0 Å². The summed E-state index contributed by atoms with van der Waals surface area (Å²) in [4.78, 5) is 12.1. The second-order valence-corrected chi connectivity index (χ2v) is 7.21. The van der Waals surface area contributed by atoms with Crippen molar-refractivity contribution < 1.29 is 13.8 Å². The van der Waals surface area contributed by atoms with Crippen molar-refractivity contribution in [1.29, 1.82) is 0 Å². The van der Waals surface area contributed by atoms with E-state index in [1.807, 2.05) is 0 Å². The molecule has 2 nitrogen and oxygen atoms in total. The molecule has 4 atom stereocenters. The van der Waals surface area contributed by atoms with Crippen LogP contribution in [-0.4, -0.2) is 29.7 Å². The second-order valence-electron chi connectivity index (χ2n) is 7.21. The highest BCUT2D eigenvalue weighted by molar-refractivity contribution is 5.95. The molecular formula is C20H23FNO+. The van der Waals surface area contributed by atoms with Crippen molar-refractivity contribution in [2.45, 2.75) is 25.7 Å². The van der Waals surface area contributed by atoms with Gasteiger partial charge in [-0.05, 0) is 48.9 Å². The maximum Gasteiger partial charge on any atom is 0.163 e. The minimum Gasteiger partial charge on any atom is -0.294 e. The van der Waals surface area contributed by atoms with Gasteiger partial charge >= 0.3 is 0 Å². The maximum absolute atomic E-state index is 12.9. The predicted molar refractivity (Wildman–Crippen MR) is 88.4 cm³/mol. The fourth-order valence-corrected chi connectivity index (χ4v) is 4.59. The minimum absolute atomic E-state index is 0.114. The lowest BCUT2D eigenvalue weighted by Crippen LogP contribution is -2.36. The topological polar surface area (TPSA) is 20.1 Å². The molecule has 2 bridgehead atoms. The normalized spacial score (nSPS) is 31.1. The van der Waals surface area contributed by atoms with Crippen LogP contribution in [0.15, 0.2) is 36.4 Å². The summed E-state index contributed by atoms with van der Waals surface area (Å²) >= 11 is 0. The Kier molecular flexibility index (Phi) is 3.88. The van der Waals surface area contributed by atoms with E-state index in [1.54, 1.807) is 12.1 Å². The molecule has 4 unspecified atom stereocenters. The molecule has 0 aromatic heterocycles. The van der Waals surface area contributed by atoms with Gasteiger partial charge in [-0.1, -0.05) is 12.2 Å². The molecule has 1 saturated carbocycles. The molecule has 1 aromatic rings. The maximum atomic E-state index is 12.9. The van der Waals surface area contributed by atoms with E-state index >= 15 is 0 Å². The Bertz CT molecular complexity index is 661. The molecule has 3 aliphatic carbocycles. The molecular weight excluding hydrogens is 289 g/mol. The van der Waals surface area contributed by atoms with Gasteiger partial charge in [0.25, 0.3) is 0 Å². The first-order valence-corrected chi connectivity index (χ1v) is 8.77. The van der Waals surface area contributed by atoms with Gasteiger partial charge in [-0.3, -0.25) is 4.79 Å². The Balaban J connectivity index is 1.30. The van der Waals surface area contributed by atoms with E-state index in [0.29, 0.717) is 12.0 Å². The molecule has 1 fully saturated rings. The molecule has 0 saturated heterocycles. The fraction of sp³-hybridized carbons (Fsp3) is 0.500. The first-order chi connectivity index (χ1) is 11.2. The van der Waals surface area contributed by atoms with Gasteiger partial charge in [0, 0.05) is 24.3 Å². The molecule has 1 aromatic carbocycles. The number of Topliss-reactive ketones (excluding diaryl/α,β-unsaturated/α-hetero) is 1. The zero-order valence-corrected chi connectivity index (χ0v) is 13.3. The highest BCUT2D eigenvalue weighted by Gasteiger charge is 2.46. The molecule has 4 aliphatic rings. The zero-order chi connectivity index (χ0) is 15.8. The van der Waals surface area contributed by atoms with Crippen LogP contribution < -0.4 is 0 Å². The van der Waals surface area contributed by atoms with Crippen molar-refractivity contribution in [3.63, 3.8) is 0 Å². The van der Waals surface area contributed by atoms with Gasteiger partial charge in [-0.2, -0.15) is 0 Å². The smallest absolute Gasteiger partial charge is 0.163 e. The van der Waals surface area contributed by atoms with E-state index in [0.717, 1.165) is 43.2 Å². The second kappa shape index (κ2) is 6.03. The summed E-state index contributed by atoms with van der Waals surface area (Å²) in [6.07, 6.45) is 11.4. The predicted octanol–water partition coefficient (Wildman–Crippen LogP) is 3.71. The monoisotopic (exact) mass is 312 g/mol. The van der Waals surface area contributed by atoms with Crippen molar-refractivity contribution >= 4 is 12.0 Å². The molecule has 1 aliphatic heterocycles. The number of carbonyl (C=O) groups excluding carboxylic acids is 1. The Labute approximate surface area is 136 Å². The van der Waals surface area contributed by atoms with Crippen LogP contribution in [0.3, 0.4) is 0 Å². The average molecular weight is 312 g/mol. The summed E-state index contributed by atoms with van der Waals surface area (Å²) in [6, 6.07) is 5.87. The highest BCUT2D eigenvalue weighted by atomic mass is 19.1. The summed E-state index contributed by atoms with van der Waals surface area (Å²) in [6.45, 7) is 2.11. The largest absolute Gasteiger partial charge is 0.294 e. The molecule has 0 radical (unpaired) electrons. The number of hydrogen-bond acceptors (Lipinski definition) is 1. The van der Waals surface area contributed by atoms with Crippen molar-refractivity contribution in [3.8, 4) is 0 Å². The van der Waals surface area contributed by atoms with E-state index < -0.39 is 0 Å². The van der Waals surface area contributed by atoms with Gasteiger partial charge < -0.3 is 0 Å². The fourth-order valence-electron chi connectivity index (χ4n) is 4.59. The van der Waals surface area contributed by atoms with Crippen LogP contribution in [-0.2, 0) is 0 Å². The molecule has 3 heteroatoms. The molecule has 120 valence electrons. The van der Waals surface area contributed by atoms with Crippen LogP contribution in [0, 0.1) is 29.5 Å². The Morgan fingerprint density at radius 3 is 2.57 bits per heavy atom. The third kappa shape index (κ3) is 2.89. The third-order valence-corrected chi connectivity index (χ3v) is 5.82. The standard InChI is InChI=1S/C20H23FNO/c21-17-9-7-16(8-10-17)20(23)2-1-11-22-12-18-14-3-4-15(6-5-14)19(18)13-22/h3-4,7-10,12,14-15,18-19H,1-2,5-6,11,13H2/q+1. The number of halogens is 1. The van der Waals surface area contributed by atoms with Crippen molar-refractivity contribution in [2.24, 2.45) is 23.7 Å². The number of carbonyl (C=O) groups is 1. The minimum atomic E-state index is -0.293. The van der Waals surface area contributed by atoms with E-state index in [1.165, 1.54) is 25.0 Å². The number of hydrogen-bond donors (Lipinski definition) is 0. The van der Waals surface area contributed by atoms with E-state index in [9.17, 15) is 9.18 Å². The zero-order valence-electron chi connectivity index (χ0n) is 13.3. The molecule has 0 spiro atoms. The first-order valence-electron chi connectivity index (χ1n) is 8.77. The Hall–Kier alpha value is -1.77. The van der Waals surface area contributed by atoms with Crippen LogP contribution in [0.1, 0.15) is 36.0 Å². The summed E-state index contributed by atoms with van der Waals surface area (Å²) in [5, 5.41) is 0. The molecule has 0 N–H and O–H groups in total. The van der Waals surface area contributed by atoms with Gasteiger partial charge in [0.2, 0.25) is 0 Å². The highest BCUT2D eigenvalue weighted by Crippen LogP contribution is 2.45. The van der Waals surface area contributed by atoms with Gasteiger partial charge in [0.15, 0.2) is 5.78 Å². The van der Waals surface area contributed by atoms with Crippen molar-refractivity contribution in [2.75, 3.05) is 13.1 Å². The van der Waals surface area contributed by atoms with Crippen LogP contribution in [0.4, 0.5) is 4.39 Å². The van der Waals surface area contributed by atoms with Crippen LogP contribution in [0.2, 0.25) is 0 Å². The number of nitrogens with zero attached hydrogens (tertiary/aromatic N) is 1. The Morgan fingerprint density at radius 1 is 1.13 bits per heavy atom. The number of fused-ring (bicyclic) bond motifs is 1. The van der Waals surface area contributed by atoms with Gasteiger partial charge in [-0.25, -0.2) is 8.97 Å². The molecule has 0 amide bonds. The van der Waals surface area contributed by atoms with Crippen LogP contribution in [0.5, 0.6) is 0 Å². The first kappa shape index (κ1) is 14.8. The van der Waals surface area contributed by atoms with E-state index in [2.05, 4.69) is 22.9 Å². The summed E-state index contributed by atoms with van der Waals surface area (Å²) in [7, 11) is 0. The lowest BCUT2D eigenvalue weighted by molar-refractivity contribution is -0.522. The SMILES string of the molecule is O=C(CCC[N+]1=CC2C3C=CC(CC3)C2C1)c1ccc(F)cc1. The molecule has 23 heavy (non-hydrogen) atoms. The lowest BCUT2D eigenvalue weighted by Gasteiger charge is -2.38. The number of rotatable bonds is 5. The molecule has 5 rings (SSSR count).